The van der Waals surface area contributed by atoms with Gasteiger partial charge in [0.05, 0.1) is 11.1 Å². The van der Waals surface area contributed by atoms with Crippen molar-refractivity contribution in [2.45, 2.75) is 19.3 Å². The Morgan fingerprint density at radius 1 is 0.963 bits per heavy atom. The molecule has 0 bridgehead atoms. The molecule has 0 aliphatic carbocycles. The number of nitrogens with zero attached hydrogens (tertiary/aromatic N) is 1. The second-order valence-electron chi connectivity index (χ2n) is 5.74. The average molecular weight is 388 g/mol. The summed E-state index contributed by atoms with van der Waals surface area (Å²) in [4.78, 5) is 16.1. The van der Waals surface area contributed by atoms with E-state index in [1.807, 2.05) is 0 Å². The van der Waals surface area contributed by atoms with Gasteiger partial charge in [-0.1, -0.05) is 6.07 Å². The topological polar surface area (TPSA) is 55.1 Å². The highest BCUT2D eigenvalue weighted by Gasteiger charge is 2.37. The Labute approximate surface area is 147 Å². The highest BCUT2D eigenvalue weighted by molar-refractivity contribution is 6.03. The summed E-state index contributed by atoms with van der Waals surface area (Å²) in [5.41, 5.74) is -2.48. The molecule has 0 saturated carbocycles. The van der Waals surface area contributed by atoms with Crippen LogP contribution in [0.5, 0.6) is 0 Å². The highest BCUT2D eigenvalue weighted by atomic mass is 19.4. The summed E-state index contributed by atoms with van der Waals surface area (Å²) in [6, 6.07) is 5.19. The molecule has 0 radical (unpaired) electrons. The number of nitrogens with one attached hydrogen (secondary N) is 1. The van der Waals surface area contributed by atoms with Crippen molar-refractivity contribution in [1.82, 2.24) is 4.98 Å². The van der Waals surface area contributed by atoms with Crippen LogP contribution in [0.3, 0.4) is 0 Å². The van der Waals surface area contributed by atoms with Gasteiger partial charge in [0.15, 0.2) is 5.58 Å². The van der Waals surface area contributed by atoms with Gasteiger partial charge in [-0.2, -0.15) is 31.3 Å². The molecule has 142 valence electrons. The van der Waals surface area contributed by atoms with Crippen LogP contribution >= 0.6 is 0 Å². The molecule has 1 aromatic heterocycles. The third-order valence-electron chi connectivity index (χ3n) is 3.61. The molecule has 0 aliphatic heterocycles. The minimum Gasteiger partial charge on any atom is -0.423 e. The molecule has 10 heteroatoms. The minimum atomic E-state index is -5.05. The lowest BCUT2D eigenvalue weighted by atomic mass is 10.0. The maximum absolute atomic E-state index is 12.9. The van der Waals surface area contributed by atoms with E-state index in [-0.39, 0.29) is 12.1 Å². The fourth-order valence-corrected chi connectivity index (χ4v) is 2.34. The molecular weight excluding hydrogens is 378 g/mol. The van der Waals surface area contributed by atoms with Gasteiger partial charge in [0, 0.05) is 5.56 Å². The zero-order valence-electron chi connectivity index (χ0n) is 13.5. The second kappa shape index (κ2) is 6.29. The summed E-state index contributed by atoms with van der Waals surface area (Å²) in [6.07, 6.45) is -10.1. The van der Waals surface area contributed by atoms with Crippen LogP contribution in [0, 0.1) is 6.92 Å². The van der Waals surface area contributed by atoms with Crippen molar-refractivity contribution in [1.29, 1.82) is 0 Å². The van der Waals surface area contributed by atoms with Crippen molar-refractivity contribution in [2.75, 3.05) is 5.32 Å². The van der Waals surface area contributed by atoms with Gasteiger partial charge in [-0.05, 0) is 42.8 Å². The number of aromatic nitrogens is 1. The van der Waals surface area contributed by atoms with E-state index in [2.05, 4.69) is 10.3 Å². The van der Waals surface area contributed by atoms with Gasteiger partial charge >= 0.3 is 18.4 Å². The Hall–Kier alpha value is -3.04. The SMILES string of the molecule is Cc1ccc2nc(NC(=O)c3cc(C(F)(F)F)cc(C(F)(F)F)c3)oc2c1. The number of rotatable bonds is 2. The number of carbonyl (C=O) groups is 1. The molecule has 1 heterocycles. The maximum atomic E-state index is 12.9. The molecule has 3 rings (SSSR count). The van der Waals surface area contributed by atoms with Crippen LogP contribution in [0.2, 0.25) is 0 Å². The third kappa shape index (κ3) is 4.04. The largest absolute Gasteiger partial charge is 0.423 e. The number of benzene rings is 2. The summed E-state index contributed by atoms with van der Waals surface area (Å²) >= 11 is 0. The zero-order chi connectivity index (χ0) is 20.0. The van der Waals surface area contributed by atoms with Crippen molar-refractivity contribution in [3.63, 3.8) is 0 Å². The fraction of sp³-hybridized carbons (Fsp3) is 0.176. The Kier molecular flexibility index (Phi) is 4.37. The van der Waals surface area contributed by atoms with Gasteiger partial charge in [0.25, 0.3) is 5.91 Å². The first-order valence-electron chi connectivity index (χ1n) is 7.41. The Balaban J connectivity index is 1.97. The van der Waals surface area contributed by atoms with E-state index < -0.39 is 35.0 Å². The number of carbonyl (C=O) groups excluding carboxylic acids is 1. The molecule has 0 saturated heterocycles. The molecule has 1 N–H and O–H groups in total. The van der Waals surface area contributed by atoms with E-state index in [0.29, 0.717) is 23.2 Å². The highest BCUT2D eigenvalue weighted by Crippen LogP contribution is 2.36. The first-order chi connectivity index (χ1) is 12.4. The Morgan fingerprint density at radius 2 is 1.56 bits per heavy atom. The van der Waals surface area contributed by atoms with E-state index in [1.165, 1.54) is 0 Å². The summed E-state index contributed by atoms with van der Waals surface area (Å²) in [6.45, 7) is 1.78. The van der Waals surface area contributed by atoms with Gasteiger partial charge < -0.3 is 4.42 Å². The van der Waals surface area contributed by atoms with Crippen LogP contribution in [0.25, 0.3) is 11.1 Å². The maximum Gasteiger partial charge on any atom is 0.416 e. The van der Waals surface area contributed by atoms with Crippen LogP contribution in [-0.4, -0.2) is 10.9 Å². The number of hydrogen-bond acceptors (Lipinski definition) is 3. The number of hydrogen-bond donors (Lipinski definition) is 1. The molecule has 4 nitrogen and oxygen atoms in total. The molecule has 3 aromatic rings. The quantitative estimate of drug-likeness (QED) is 0.596. The van der Waals surface area contributed by atoms with Crippen LogP contribution in [0.4, 0.5) is 32.4 Å². The van der Waals surface area contributed by atoms with Crippen LogP contribution < -0.4 is 5.32 Å². The standard InChI is InChI=1S/C17H10F6N2O2/c1-8-2-3-12-13(4-8)27-15(24-12)25-14(26)9-5-10(16(18,19)20)7-11(6-9)17(21,22)23/h2-7H,1H3,(H,24,25,26). The van der Waals surface area contributed by atoms with E-state index in [1.54, 1.807) is 25.1 Å². The van der Waals surface area contributed by atoms with E-state index in [0.717, 1.165) is 5.56 Å². The summed E-state index contributed by atoms with van der Waals surface area (Å²) < 4.78 is 82.5. The predicted octanol–water partition coefficient (Wildman–Crippen LogP) is 5.43. The molecule has 27 heavy (non-hydrogen) atoms. The fourth-order valence-electron chi connectivity index (χ4n) is 2.34. The lowest BCUT2D eigenvalue weighted by Gasteiger charge is -2.13. The monoisotopic (exact) mass is 388 g/mol. The molecular formula is C17H10F6N2O2. The number of alkyl halides is 6. The third-order valence-corrected chi connectivity index (χ3v) is 3.61. The van der Waals surface area contributed by atoms with Crippen LogP contribution in [0.15, 0.2) is 40.8 Å². The number of amides is 1. The normalized spacial score (nSPS) is 12.4. The number of fused-ring (bicyclic) bond motifs is 1. The van der Waals surface area contributed by atoms with Crippen molar-refractivity contribution < 1.29 is 35.6 Å². The van der Waals surface area contributed by atoms with Crippen molar-refractivity contribution in [2.24, 2.45) is 0 Å². The first kappa shape index (κ1) is 18.7. The molecule has 1 amide bonds. The van der Waals surface area contributed by atoms with Gasteiger partial charge in [0.2, 0.25) is 0 Å². The van der Waals surface area contributed by atoms with Crippen molar-refractivity contribution >= 4 is 23.0 Å². The van der Waals surface area contributed by atoms with E-state index >= 15 is 0 Å². The van der Waals surface area contributed by atoms with Gasteiger partial charge in [-0.3, -0.25) is 10.1 Å². The van der Waals surface area contributed by atoms with Crippen LogP contribution in [0.1, 0.15) is 27.0 Å². The Morgan fingerprint density at radius 3 is 2.11 bits per heavy atom. The van der Waals surface area contributed by atoms with E-state index in [4.69, 9.17) is 4.42 Å². The first-order valence-corrected chi connectivity index (χ1v) is 7.41. The van der Waals surface area contributed by atoms with Gasteiger partial charge in [-0.15, -0.1) is 0 Å². The van der Waals surface area contributed by atoms with E-state index in [9.17, 15) is 31.1 Å². The number of aryl methyl sites for hydroxylation is 1. The molecule has 0 unspecified atom stereocenters. The van der Waals surface area contributed by atoms with Gasteiger partial charge in [0.1, 0.15) is 5.52 Å². The molecule has 2 aromatic carbocycles. The van der Waals surface area contributed by atoms with Gasteiger partial charge in [-0.25, -0.2) is 0 Å². The van der Waals surface area contributed by atoms with Crippen molar-refractivity contribution in [3.8, 4) is 0 Å². The molecule has 0 spiro atoms. The minimum absolute atomic E-state index is 0.0566. The number of halogens is 6. The summed E-state index contributed by atoms with van der Waals surface area (Å²) in [5.74, 6) is -1.21. The molecule has 0 fully saturated rings. The lowest BCUT2D eigenvalue weighted by molar-refractivity contribution is -0.143. The van der Waals surface area contributed by atoms with Crippen molar-refractivity contribution in [3.05, 3.63) is 58.7 Å². The summed E-state index contributed by atoms with van der Waals surface area (Å²) in [5, 5.41) is 2.07. The predicted molar refractivity (Wildman–Crippen MR) is 83.1 cm³/mol. The summed E-state index contributed by atoms with van der Waals surface area (Å²) in [7, 11) is 0. The Bertz CT molecular complexity index is 988. The molecule has 0 atom stereocenters. The smallest absolute Gasteiger partial charge is 0.416 e. The number of anilines is 1. The number of oxazole rings is 1. The molecule has 0 aliphatic rings. The second-order valence-corrected chi connectivity index (χ2v) is 5.74. The zero-order valence-corrected chi connectivity index (χ0v) is 13.5. The lowest BCUT2D eigenvalue weighted by Crippen LogP contribution is -2.17. The van der Waals surface area contributed by atoms with Crippen LogP contribution in [-0.2, 0) is 12.4 Å². The average Bonchev–Trinajstić information content (AvgIpc) is 2.94.